The highest BCUT2D eigenvalue weighted by atomic mass is 16.6. The molecule has 0 saturated carbocycles. The molecule has 0 spiro atoms. The summed E-state index contributed by atoms with van der Waals surface area (Å²) >= 11 is 0. The summed E-state index contributed by atoms with van der Waals surface area (Å²) in [5.41, 5.74) is 0.876. The van der Waals surface area contributed by atoms with Gasteiger partial charge >= 0.3 is 0 Å². The monoisotopic (exact) mass is 366 g/mol. The van der Waals surface area contributed by atoms with Crippen LogP contribution < -0.4 is 10.1 Å². The lowest BCUT2D eigenvalue weighted by molar-refractivity contribution is -0.384. The van der Waals surface area contributed by atoms with Gasteiger partial charge in [-0.3, -0.25) is 14.9 Å². The molecule has 3 aromatic rings. The maximum Gasteiger partial charge on any atom is 0.270 e. The lowest BCUT2D eigenvalue weighted by Gasteiger charge is -2.19. The standard InChI is InChI=1S/C19H18N4O4/c1-22-11-10-20-18(22)17(13-6-8-16(27-2)9-7-13)21-19(24)14-4-3-5-15(12-14)23(25)26/h3-12,17H,1-2H3,(H,21,24). The summed E-state index contributed by atoms with van der Waals surface area (Å²) in [6.45, 7) is 0. The number of amides is 1. The Morgan fingerprint density at radius 2 is 2.00 bits per heavy atom. The van der Waals surface area contributed by atoms with Crippen LogP contribution in [0.2, 0.25) is 0 Å². The summed E-state index contributed by atoms with van der Waals surface area (Å²) in [4.78, 5) is 27.5. The van der Waals surface area contributed by atoms with E-state index in [0.717, 1.165) is 5.56 Å². The highest BCUT2D eigenvalue weighted by Crippen LogP contribution is 2.24. The van der Waals surface area contributed by atoms with E-state index in [9.17, 15) is 14.9 Å². The van der Waals surface area contributed by atoms with Crippen LogP contribution in [0.4, 0.5) is 5.69 Å². The van der Waals surface area contributed by atoms with E-state index in [1.54, 1.807) is 31.6 Å². The predicted octanol–water partition coefficient (Wildman–Crippen LogP) is 2.86. The van der Waals surface area contributed by atoms with Crippen molar-refractivity contribution in [3.05, 3.63) is 88.0 Å². The number of benzene rings is 2. The van der Waals surface area contributed by atoms with Gasteiger partial charge in [0.25, 0.3) is 11.6 Å². The number of carbonyl (C=O) groups is 1. The van der Waals surface area contributed by atoms with Gasteiger partial charge in [0.1, 0.15) is 17.6 Å². The molecule has 1 atom stereocenters. The molecule has 0 aliphatic heterocycles. The van der Waals surface area contributed by atoms with Crippen molar-refractivity contribution < 1.29 is 14.5 Å². The Hall–Kier alpha value is -3.68. The van der Waals surface area contributed by atoms with Crippen molar-refractivity contribution >= 4 is 11.6 Å². The molecule has 1 heterocycles. The second-order valence-electron chi connectivity index (χ2n) is 5.88. The smallest absolute Gasteiger partial charge is 0.270 e. The Morgan fingerprint density at radius 3 is 2.59 bits per heavy atom. The van der Waals surface area contributed by atoms with Crippen LogP contribution in [-0.2, 0) is 7.05 Å². The van der Waals surface area contributed by atoms with E-state index >= 15 is 0 Å². The van der Waals surface area contributed by atoms with Crippen LogP contribution in [0.3, 0.4) is 0 Å². The van der Waals surface area contributed by atoms with E-state index in [1.807, 2.05) is 23.7 Å². The molecule has 3 rings (SSSR count). The average molecular weight is 366 g/mol. The largest absolute Gasteiger partial charge is 0.497 e. The molecule has 1 amide bonds. The van der Waals surface area contributed by atoms with Crippen LogP contribution in [-0.4, -0.2) is 27.5 Å². The first-order chi connectivity index (χ1) is 13.0. The molecule has 0 radical (unpaired) electrons. The van der Waals surface area contributed by atoms with E-state index < -0.39 is 16.9 Å². The SMILES string of the molecule is COc1ccc(C(NC(=O)c2cccc([N+](=O)[O-])c2)c2nccn2C)cc1. The number of nitro benzene ring substituents is 1. The van der Waals surface area contributed by atoms with Crippen molar-refractivity contribution in [1.82, 2.24) is 14.9 Å². The lowest BCUT2D eigenvalue weighted by atomic mass is 10.0. The van der Waals surface area contributed by atoms with Gasteiger partial charge in [-0.2, -0.15) is 0 Å². The first kappa shape index (κ1) is 18.1. The van der Waals surface area contributed by atoms with Crippen molar-refractivity contribution in [2.45, 2.75) is 6.04 Å². The number of aryl methyl sites for hydroxylation is 1. The van der Waals surface area contributed by atoms with Crippen molar-refractivity contribution in [1.29, 1.82) is 0 Å². The second-order valence-corrected chi connectivity index (χ2v) is 5.88. The zero-order valence-corrected chi connectivity index (χ0v) is 14.8. The Balaban J connectivity index is 1.94. The number of aromatic nitrogens is 2. The molecule has 0 aliphatic rings. The minimum Gasteiger partial charge on any atom is -0.497 e. The van der Waals surface area contributed by atoms with Gasteiger partial charge in [-0.15, -0.1) is 0 Å². The molecule has 1 unspecified atom stereocenters. The zero-order chi connectivity index (χ0) is 19.4. The Labute approximate surface area is 155 Å². The van der Waals surface area contributed by atoms with Gasteiger partial charge in [0.2, 0.25) is 0 Å². The number of nitrogens with zero attached hydrogens (tertiary/aromatic N) is 3. The van der Waals surface area contributed by atoms with Crippen LogP contribution in [0.15, 0.2) is 60.9 Å². The van der Waals surface area contributed by atoms with E-state index in [-0.39, 0.29) is 11.3 Å². The van der Waals surface area contributed by atoms with Crippen LogP contribution in [0.5, 0.6) is 5.75 Å². The van der Waals surface area contributed by atoms with Crippen LogP contribution >= 0.6 is 0 Å². The van der Waals surface area contributed by atoms with Gasteiger partial charge in [-0.1, -0.05) is 18.2 Å². The molecule has 27 heavy (non-hydrogen) atoms. The molecule has 138 valence electrons. The van der Waals surface area contributed by atoms with Crippen LogP contribution in [0.1, 0.15) is 27.8 Å². The fourth-order valence-corrected chi connectivity index (χ4v) is 2.72. The Bertz CT molecular complexity index is 966. The summed E-state index contributed by atoms with van der Waals surface area (Å²) in [6.07, 6.45) is 3.43. The number of ether oxygens (including phenoxy) is 1. The van der Waals surface area contributed by atoms with Gasteiger partial charge in [0.15, 0.2) is 0 Å². The van der Waals surface area contributed by atoms with Crippen molar-refractivity contribution in [2.24, 2.45) is 7.05 Å². The zero-order valence-electron chi connectivity index (χ0n) is 14.8. The van der Waals surface area contributed by atoms with Gasteiger partial charge in [0, 0.05) is 37.1 Å². The molecule has 8 nitrogen and oxygen atoms in total. The fraction of sp³-hybridized carbons (Fsp3) is 0.158. The summed E-state index contributed by atoms with van der Waals surface area (Å²) in [7, 11) is 3.41. The molecule has 0 bridgehead atoms. The van der Waals surface area contributed by atoms with Gasteiger partial charge < -0.3 is 14.6 Å². The maximum atomic E-state index is 12.7. The quantitative estimate of drug-likeness (QED) is 0.534. The molecular weight excluding hydrogens is 348 g/mol. The number of carbonyl (C=O) groups excluding carboxylic acids is 1. The van der Waals surface area contributed by atoms with Gasteiger partial charge in [-0.05, 0) is 23.8 Å². The third-order valence-electron chi connectivity index (χ3n) is 4.16. The number of nitro groups is 1. The topological polar surface area (TPSA) is 99.3 Å². The Morgan fingerprint density at radius 1 is 1.26 bits per heavy atom. The van der Waals surface area contributed by atoms with Crippen LogP contribution in [0, 0.1) is 10.1 Å². The number of imidazole rings is 1. The normalized spacial score (nSPS) is 11.6. The molecule has 8 heteroatoms. The van der Waals surface area contributed by atoms with Gasteiger partial charge in [-0.25, -0.2) is 4.98 Å². The lowest BCUT2D eigenvalue weighted by Crippen LogP contribution is -2.31. The van der Waals surface area contributed by atoms with Crippen molar-refractivity contribution in [2.75, 3.05) is 7.11 Å². The van der Waals surface area contributed by atoms with E-state index in [0.29, 0.717) is 11.6 Å². The first-order valence-corrected chi connectivity index (χ1v) is 8.16. The molecule has 1 aromatic heterocycles. The number of hydrogen-bond acceptors (Lipinski definition) is 5. The molecular formula is C19H18N4O4. The summed E-state index contributed by atoms with van der Waals surface area (Å²) in [5, 5.41) is 13.9. The number of non-ortho nitro benzene ring substituents is 1. The van der Waals surface area contributed by atoms with E-state index in [2.05, 4.69) is 10.3 Å². The second kappa shape index (κ2) is 7.69. The molecule has 0 aliphatic carbocycles. The number of nitrogens with one attached hydrogen (secondary N) is 1. The predicted molar refractivity (Wildman–Crippen MR) is 98.6 cm³/mol. The fourth-order valence-electron chi connectivity index (χ4n) is 2.72. The first-order valence-electron chi connectivity index (χ1n) is 8.16. The Kier molecular flexibility index (Phi) is 5.16. The number of hydrogen-bond donors (Lipinski definition) is 1. The highest BCUT2D eigenvalue weighted by molar-refractivity contribution is 5.95. The van der Waals surface area contributed by atoms with Crippen molar-refractivity contribution in [3.63, 3.8) is 0 Å². The summed E-state index contributed by atoms with van der Waals surface area (Å²) < 4.78 is 6.99. The van der Waals surface area contributed by atoms with E-state index in [4.69, 9.17) is 4.74 Å². The minimum absolute atomic E-state index is 0.138. The summed E-state index contributed by atoms with van der Waals surface area (Å²) in [6, 6.07) is 12.4. The van der Waals surface area contributed by atoms with E-state index in [1.165, 1.54) is 24.3 Å². The van der Waals surface area contributed by atoms with Crippen LogP contribution in [0.25, 0.3) is 0 Å². The third kappa shape index (κ3) is 3.95. The molecule has 2 aromatic carbocycles. The number of rotatable bonds is 6. The highest BCUT2D eigenvalue weighted by Gasteiger charge is 2.22. The maximum absolute atomic E-state index is 12.7. The summed E-state index contributed by atoms with van der Waals surface area (Å²) in [5.74, 6) is 0.906. The van der Waals surface area contributed by atoms with Crippen molar-refractivity contribution in [3.8, 4) is 5.75 Å². The minimum atomic E-state index is -0.531. The number of methoxy groups -OCH3 is 1. The third-order valence-corrected chi connectivity index (χ3v) is 4.16. The van der Waals surface area contributed by atoms with Gasteiger partial charge in [0.05, 0.1) is 12.0 Å². The molecule has 0 saturated heterocycles. The molecule has 0 fully saturated rings. The molecule has 1 N–H and O–H groups in total. The average Bonchev–Trinajstić information content (AvgIpc) is 3.11.